The van der Waals surface area contributed by atoms with Crippen molar-refractivity contribution in [3.63, 3.8) is 0 Å². The topological polar surface area (TPSA) is 51.1 Å². The second-order valence-electron chi connectivity index (χ2n) is 5.59. The van der Waals surface area contributed by atoms with Crippen LogP contribution < -0.4 is 4.74 Å². The van der Waals surface area contributed by atoms with Crippen molar-refractivity contribution in [1.29, 1.82) is 0 Å². The van der Waals surface area contributed by atoms with E-state index in [-0.39, 0.29) is 18.3 Å². The summed E-state index contributed by atoms with van der Waals surface area (Å²) in [5.41, 5.74) is 1.56. The lowest BCUT2D eigenvalue weighted by Gasteiger charge is -2.26. The Labute approximate surface area is 145 Å². The molecule has 3 rings (SSSR count). The lowest BCUT2D eigenvalue weighted by Crippen LogP contribution is -2.42. The summed E-state index contributed by atoms with van der Waals surface area (Å²) in [6, 6.07) is 13.2. The summed E-state index contributed by atoms with van der Waals surface area (Å²) in [5.74, 6) is 0.304. The Balaban J connectivity index is 1.51. The molecule has 0 bridgehead atoms. The third-order valence-corrected chi connectivity index (χ3v) is 3.80. The van der Waals surface area contributed by atoms with Crippen LogP contribution in [-0.4, -0.2) is 49.9 Å². The summed E-state index contributed by atoms with van der Waals surface area (Å²) in [6.45, 7) is 2.40. The first kappa shape index (κ1) is 17.1. The minimum absolute atomic E-state index is 0.0169. The third-order valence-electron chi connectivity index (χ3n) is 3.80. The normalized spacial score (nSPS) is 14.7. The quantitative estimate of drug-likeness (QED) is 0.785. The van der Waals surface area contributed by atoms with Gasteiger partial charge < -0.3 is 14.4 Å². The molecule has 1 aliphatic rings. The van der Waals surface area contributed by atoms with Gasteiger partial charge in [0.05, 0.1) is 18.9 Å². The van der Waals surface area contributed by atoms with E-state index in [4.69, 9.17) is 9.47 Å². The van der Waals surface area contributed by atoms with Gasteiger partial charge in [-0.3, -0.25) is 9.79 Å². The zero-order valence-corrected chi connectivity index (χ0v) is 13.7. The molecule has 0 aromatic heterocycles. The monoisotopic (exact) mass is 342 g/mol. The van der Waals surface area contributed by atoms with Gasteiger partial charge in [0.1, 0.15) is 11.6 Å². The highest BCUT2D eigenvalue weighted by atomic mass is 19.1. The van der Waals surface area contributed by atoms with Gasteiger partial charge in [0.2, 0.25) is 0 Å². The van der Waals surface area contributed by atoms with Crippen LogP contribution in [0.4, 0.5) is 10.1 Å². The smallest absolute Gasteiger partial charge is 0.260 e. The number of carbonyl (C=O) groups excluding carboxylic acids is 1. The second-order valence-corrected chi connectivity index (χ2v) is 5.59. The van der Waals surface area contributed by atoms with Crippen molar-refractivity contribution in [3.8, 4) is 5.75 Å². The molecule has 6 heteroatoms. The van der Waals surface area contributed by atoms with E-state index in [0.29, 0.717) is 37.7 Å². The molecule has 1 saturated heterocycles. The van der Waals surface area contributed by atoms with Crippen molar-refractivity contribution in [2.45, 2.75) is 0 Å². The van der Waals surface area contributed by atoms with Crippen molar-refractivity contribution in [2.75, 3.05) is 32.9 Å². The summed E-state index contributed by atoms with van der Waals surface area (Å²) in [4.78, 5) is 18.0. The van der Waals surface area contributed by atoms with Gasteiger partial charge in [-0.2, -0.15) is 0 Å². The molecule has 0 aliphatic carbocycles. The van der Waals surface area contributed by atoms with Crippen LogP contribution in [0.2, 0.25) is 0 Å². The molecule has 25 heavy (non-hydrogen) atoms. The first-order chi connectivity index (χ1) is 12.2. The average Bonchev–Trinajstić information content (AvgIpc) is 2.67. The van der Waals surface area contributed by atoms with Crippen LogP contribution in [0.3, 0.4) is 0 Å². The van der Waals surface area contributed by atoms with Crippen LogP contribution in [0.15, 0.2) is 53.5 Å². The predicted molar refractivity (Wildman–Crippen MR) is 93.0 cm³/mol. The van der Waals surface area contributed by atoms with Gasteiger partial charge in [0.15, 0.2) is 6.61 Å². The first-order valence-corrected chi connectivity index (χ1v) is 8.09. The lowest BCUT2D eigenvalue weighted by molar-refractivity contribution is -0.137. The van der Waals surface area contributed by atoms with E-state index in [0.717, 1.165) is 5.56 Å². The number of morpholine rings is 1. The van der Waals surface area contributed by atoms with Gasteiger partial charge in [0, 0.05) is 19.3 Å². The van der Waals surface area contributed by atoms with Crippen LogP contribution in [0.25, 0.3) is 0 Å². The Morgan fingerprint density at radius 2 is 1.80 bits per heavy atom. The van der Waals surface area contributed by atoms with E-state index in [1.807, 2.05) is 12.1 Å². The molecule has 1 aliphatic heterocycles. The number of benzene rings is 2. The summed E-state index contributed by atoms with van der Waals surface area (Å²) >= 11 is 0. The Bertz CT molecular complexity index is 723. The molecule has 0 spiro atoms. The fraction of sp³-hybridized carbons (Fsp3) is 0.263. The van der Waals surface area contributed by atoms with Crippen molar-refractivity contribution in [1.82, 2.24) is 4.90 Å². The van der Waals surface area contributed by atoms with Gasteiger partial charge in [-0.1, -0.05) is 0 Å². The minimum Gasteiger partial charge on any atom is -0.484 e. The molecule has 1 heterocycles. The Hall–Kier alpha value is -2.73. The number of amides is 1. The maximum absolute atomic E-state index is 12.8. The van der Waals surface area contributed by atoms with Crippen molar-refractivity contribution >= 4 is 17.8 Å². The Morgan fingerprint density at radius 3 is 2.48 bits per heavy atom. The second kappa shape index (κ2) is 8.39. The zero-order valence-electron chi connectivity index (χ0n) is 13.7. The van der Waals surface area contributed by atoms with E-state index in [1.54, 1.807) is 35.4 Å². The van der Waals surface area contributed by atoms with Gasteiger partial charge >= 0.3 is 0 Å². The number of ether oxygens (including phenoxy) is 2. The fourth-order valence-electron chi connectivity index (χ4n) is 2.38. The van der Waals surface area contributed by atoms with Crippen LogP contribution in [0.5, 0.6) is 5.75 Å². The number of hydrogen-bond donors (Lipinski definition) is 0. The van der Waals surface area contributed by atoms with Crippen LogP contribution in [0, 0.1) is 5.82 Å². The van der Waals surface area contributed by atoms with Crippen LogP contribution >= 0.6 is 0 Å². The zero-order chi connectivity index (χ0) is 17.5. The van der Waals surface area contributed by atoms with Crippen molar-refractivity contribution in [3.05, 3.63) is 59.9 Å². The summed E-state index contributed by atoms with van der Waals surface area (Å²) in [7, 11) is 0. The number of rotatable bonds is 5. The van der Waals surface area contributed by atoms with Crippen molar-refractivity contribution < 1.29 is 18.7 Å². The first-order valence-electron chi connectivity index (χ1n) is 8.09. The van der Waals surface area contributed by atoms with Gasteiger partial charge in [-0.05, 0) is 54.1 Å². The van der Waals surface area contributed by atoms with E-state index in [1.165, 1.54) is 12.1 Å². The van der Waals surface area contributed by atoms with E-state index in [9.17, 15) is 9.18 Å². The Kier molecular flexibility index (Phi) is 5.74. The Morgan fingerprint density at radius 1 is 1.12 bits per heavy atom. The molecule has 5 nitrogen and oxygen atoms in total. The number of hydrogen-bond acceptors (Lipinski definition) is 4. The fourth-order valence-corrected chi connectivity index (χ4v) is 2.38. The van der Waals surface area contributed by atoms with E-state index in [2.05, 4.69) is 4.99 Å². The van der Waals surface area contributed by atoms with Gasteiger partial charge in [-0.25, -0.2) is 4.39 Å². The minimum atomic E-state index is -0.285. The highest BCUT2D eigenvalue weighted by Crippen LogP contribution is 2.14. The largest absolute Gasteiger partial charge is 0.484 e. The highest BCUT2D eigenvalue weighted by molar-refractivity contribution is 5.82. The number of carbonyl (C=O) groups is 1. The molecule has 1 fully saturated rings. The highest BCUT2D eigenvalue weighted by Gasteiger charge is 2.16. The lowest BCUT2D eigenvalue weighted by atomic mass is 10.2. The van der Waals surface area contributed by atoms with E-state index >= 15 is 0 Å². The molecule has 0 unspecified atom stereocenters. The standard InChI is InChI=1S/C19H19FN2O3/c20-16-3-5-17(6-4-16)21-13-15-1-7-18(8-2-15)25-14-19(23)22-9-11-24-12-10-22/h1-8,13H,9-12,14H2. The average molecular weight is 342 g/mol. The molecule has 0 N–H and O–H groups in total. The molecule has 0 atom stereocenters. The number of nitrogens with zero attached hydrogens (tertiary/aromatic N) is 2. The molecule has 1 amide bonds. The van der Waals surface area contributed by atoms with Gasteiger partial charge in [0.25, 0.3) is 5.91 Å². The third kappa shape index (κ3) is 5.12. The maximum atomic E-state index is 12.8. The SMILES string of the molecule is O=C(COc1ccc(C=Nc2ccc(F)cc2)cc1)N1CCOCC1. The molecule has 2 aromatic carbocycles. The molecule has 0 radical (unpaired) electrons. The van der Waals surface area contributed by atoms with Crippen LogP contribution in [0.1, 0.15) is 5.56 Å². The van der Waals surface area contributed by atoms with Crippen molar-refractivity contribution in [2.24, 2.45) is 4.99 Å². The predicted octanol–water partition coefficient (Wildman–Crippen LogP) is 2.81. The van der Waals surface area contributed by atoms with Gasteiger partial charge in [-0.15, -0.1) is 0 Å². The van der Waals surface area contributed by atoms with Crippen LogP contribution in [-0.2, 0) is 9.53 Å². The summed E-state index contributed by atoms with van der Waals surface area (Å²) in [6.07, 6.45) is 1.69. The number of halogens is 1. The number of aliphatic imine (C=N–C) groups is 1. The molecule has 0 saturated carbocycles. The molecule has 130 valence electrons. The molecular formula is C19H19FN2O3. The van der Waals surface area contributed by atoms with E-state index < -0.39 is 0 Å². The molecular weight excluding hydrogens is 323 g/mol. The maximum Gasteiger partial charge on any atom is 0.260 e. The molecule has 2 aromatic rings. The summed E-state index contributed by atoms with van der Waals surface area (Å²) in [5, 5.41) is 0. The summed E-state index contributed by atoms with van der Waals surface area (Å²) < 4.78 is 23.6.